The Labute approximate surface area is 216 Å². The molecule has 1 aromatic heterocycles. The van der Waals surface area contributed by atoms with Crippen molar-refractivity contribution in [3.05, 3.63) is 96.3 Å². The van der Waals surface area contributed by atoms with Gasteiger partial charge in [-0.1, -0.05) is 61.7 Å². The van der Waals surface area contributed by atoms with Gasteiger partial charge in [-0.3, -0.25) is 14.8 Å². The van der Waals surface area contributed by atoms with Crippen molar-refractivity contribution in [2.75, 3.05) is 4.90 Å². The van der Waals surface area contributed by atoms with E-state index in [0.29, 0.717) is 6.54 Å². The smallest absolute Gasteiger partial charge is 0.328 e. The van der Waals surface area contributed by atoms with E-state index < -0.39 is 5.97 Å². The summed E-state index contributed by atoms with van der Waals surface area (Å²) in [6.07, 6.45) is 11.2. The standard InChI is InChI=1S/C31H29N3O3/c35-30(36)16-11-22-5-4-8-27(19-22)34(31(37)25-6-2-1-3-7-25)21-23-9-12-24(13-10-23)26-14-15-28-29(20-26)33-18-17-32-28/h4-5,8-20,25H,1-3,6-7,21H2,(H,35,36). The average Bonchev–Trinajstić information content (AvgIpc) is 2.95. The van der Waals surface area contributed by atoms with Crippen LogP contribution in [0.2, 0.25) is 0 Å². The lowest BCUT2D eigenvalue weighted by Crippen LogP contribution is -2.36. The molecular formula is C31H29N3O3. The number of amides is 1. The van der Waals surface area contributed by atoms with E-state index in [1.807, 2.05) is 47.4 Å². The van der Waals surface area contributed by atoms with E-state index in [0.717, 1.165) is 70.7 Å². The Kier molecular flexibility index (Phi) is 7.36. The van der Waals surface area contributed by atoms with E-state index in [1.54, 1.807) is 18.5 Å². The van der Waals surface area contributed by atoms with Gasteiger partial charge >= 0.3 is 5.97 Å². The van der Waals surface area contributed by atoms with Gasteiger partial charge in [0.15, 0.2) is 0 Å². The lowest BCUT2D eigenvalue weighted by Gasteiger charge is -2.30. The Hall–Kier alpha value is -4.32. The van der Waals surface area contributed by atoms with Gasteiger partial charge in [-0.05, 0) is 65.4 Å². The van der Waals surface area contributed by atoms with Gasteiger partial charge in [0, 0.05) is 30.1 Å². The number of anilines is 1. The van der Waals surface area contributed by atoms with Crippen LogP contribution in [-0.4, -0.2) is 27.0 Å². The van der Waals surface area contributed by atoms with Crippen molar-refractivity contribution in [3.63, 3.8) is 0 Å². The fraction of sp³-hybridized carbons (Fsp3) is 0.226. The number of carboxylic acids is 1. The highest BCUT2D eigenvalue weighted by Gasteiger charge is 2.27. The van der Waals surface area contributed by atoms with Crippen LogP contribution in [0.1, 0.15) is 43.2 Å². The maximum atomic E-state index is 13.7. The zero-order chi connectivity index (χ0) is 25.6. The van der Waals surface area contributed by atoms with Crippen LogP contribution in [0.5, 0.6) is 0 Å². The summed E-state index contributed by atoms with van der Waals surface area (Å²) in [5.41, 5.74) is 6.40. The fourth-order valence-electron chi connectivity index (χ4n) is 4.96. The molecule has 1 aliphatic carbocycles. The van der Waals surface area contributed by atoms with Crippen molar-refractivity contribution in [2.45, 2.75) is 38.6 Å². The van der Waals surface area contributed by atoms with Gasteiger partial charge in [-0.25, -0.2) is 4.79 Å². The topological polar surface area (TPSA) is 83.4 Å². The Morgan fingerprint density at radius 2 is 1.59 bits per heavy atom. The summed E-state index contributed by atoms with van der Waals surface area (Å²) in [7, 11) is 0. The van der Waals surface area contributed by atoms with Crippen molar-refractivity contribution in [2.24, 2.45) is 5.92 Å². The third kappa shape index (κ3) is 5.92. The Balaban J connectivity index is 1.42. The van der Waals surface area contributed by atoms with Crippen LogP contribution < -0.4 is 4.90 Å². The van der Waals surface area contributed by atoms with Crippen LogP contribution >= 0.6 is 0 Å². The SMILES string of the molecule is O=C(O)C=Cc1cccc(N(Cc2ccc(-c3ccc4nccnc4c3)cc2)C(=O)C2CCCCC2)c1. The lowest BCUT2D eigenvalue weighted by molar-refractivity contribution is -0.131. The molecule has 0 bridgehead atoms. The zero-order valence-corrected chi connectivity index (χ0v) is 20.6. The number of aliphatic carboxylic acids is 1. The van der Waals surface area contributed by atoms with E-state index in [1.165, 1.54) is 6.42 Å². The summed E-state index contributed by atoms with van der Waals surface area (Å²) in [5, 5.41) is 9.01. The van der Waals surface area contributed by atoms with E-state index in [2.05, 4.69) is 34.2 Å². The third-order valence-electron chi connectivity index (χ3n) is 6.92. The van der Waals surface area contributed by atoms with Crippen molar-refractivity contribution >= 4 is 34.7 Å². The number of benzene rings is 3. The van der Waals surface area contributed by atoms with Gasteiger partial charge in [-0.15, -0.1) is 0 Å². The highest BCUT2D eigenvalue weighted by Crippen LogP contribution is 2.30. The number of hydrogen-bond donors (Lipinski definition) is 1. The second kappa shape index (κ2) is 11.2. The van der Waals surface area contributed by atoms with Crippen molar-refractivity contribution in [1.82, 2.24) is 9.97 Å². The van der Waals surface area contributed by atoms with Crippen molar-refractivity contribution < 1.29 is 14.7 Å². The lowest BCUT2D eigenvalue weighted by atomic mass is 9.88. The number of carboxylic acid groups (broad SMARTS) is 1. The van der Waals surface area contributed by atoms with E-state index in [-0.39, 0.29) is 11.8 Å². The molecule has 1 heterocycles. The molecule has 6 nitrogen and oxygen atoms in total. The summed E-state index contributed by atoms with van der Waals surface area (Å²) in [4.78, 5) is 35.3. The minimum absolute atomic E-state index is 0.0185. The molecule has 0 atom stereocenters. The van der Waals surface area contributed by atoms with Gasteiger partial charge in [0.05, 0.1) is 17.6 Å². The molecular weight excluding hydrogens is 462 g/mol. The summed E-state index contributed by atoms with van der Waals surface area (Å²) in [6, 6.07) is 21.8. The quantitative estimate of drug-likeness (QED) is 0.298. The Bertz CT molecular complexity index is 1440. The van der Waals surface area contributed by atoms with Crippen LogP contribution in [0.25, 0.3) is 28.2 Å². The molecule has 0 saturated heterocycles. The van der Waals surface area contributed by atoms with Crippen LogP contribution in [-0.2, 0) is 16.1 Å². The summed E-state index contributed by atoms with van der Waals surface area (Å²) in [5.74, 6) is -0.847. The summed E-state index contributed by atoms with van der Waals surface area (Å²) >= 11 is 0. The Morgan fingerprint density at radius 1 is 0.865 bits per heavy atom. The highest BCUT2D eigenvalue weighted by atomic mass is 16.4. The largest absolute Gasteiger partial charge is 0.478 e. The second-order valence-corrected chi connectivity index (χ2v) is 9.48. The first-order valence-corrected chi connectivity index (χ1v) is 12.7. The first-order valence-electron chi connectivity index (χ1n) is 12.7. The molecule has 1 saturated carbocycles. The van der Waals surface area contributed by atoms with Gasteiger partial charge < -0.3 is 10.0 Å². The minimum Gasteiger partial charge on any atom is -0.478 e. The van der Waals surface area contributed by atoms with Crippen LogP contribution in [0.3, 0.4) is 0 Å². The number of carbonyl (C=O) groups is 2. The highest BCUT2D eigenvalue weighted by molar-refractivity contribution is 5.95. The molecule has 4 aromatic rings. The predicted molar refractivity (Wildman–Crippen MR) is 146 cm³/mol. The predicted octanol–water partition coefficient (Wildman–Crippen LogP) is 6.51. The van der Waals surface area contributed by atoms with Gasteiger partial charge in [0.25, 0.3) is 0 Å². The number of aromatic nitrogens is 2. The van der Waals surface area contributed by atoms with Crippen molar-refractivity contribution in [3.8, 4) is 11.1 Å². The van der Waals surface area contributed by atoms with Crippen molar-refractivity contribution in [1.29, 1.82) is 0 Å². The molecule has 1 aliphatic rings. The maximum Gasteiger partial charge on any atom is 0.328 e. The zero-order valence-electron chi connectivity index (χ0n) is 20.6. The molecule has 0 radical (unpaired) electrons. The molecule has 6 heteroatoms. The summed E-state index contributed by atoms with van der Waals surface area (Å²) in [6.45, 7) is 0.449. The Morgan fingerprint density at radius 3 is 2.35 bits per heavy atom. The molecule has 1 amide bonds. The number of rotatable bonds is 7. The van der Waals surface area contributed by atoms with Gasteiger partial charge in [0.2, 0.25) is 5.91 Å². The van der Waals surface area contributed by atoms with Gasteiger partial charge in [-0.2, -0.15) is 0 Å². The normalized spacial score (nSPS) is 14.2. The molecule has 186 valence electrons. The van der Waals surface area contributed by atoms with Crippen LogP contribution in [0, 0.1) is 5.92 Å². The number of fused-ring (bicyclic) bond motifs is 1. The molecule has 1 N–H and O–H groups in total. The van der Waals surface area contributed by atoms with E-state index >= 15 is 0 Å². The molecule has 0 spiro atoms. The molecule has 1 fully saturated rings. The monoisotopic (exact) mass is 491 g/mol. The molecule has 5 rings (SSSR count). The molecule has 37 heavy (non-hydrogen) atoms. The maximum absolute atomic E-state index is 13.7. The number of carbonyl (C=O) groups excluding carboxylic acids is 1. The number of hydrogen-bond acceptors (Lipinski definition) is 4. The third-order valence-corrected chi connectivity index (χ3v) is 6.92. The molecule has 0 aliphatic heterocycles. The minimum atomic E-state index is -1.00. The van der Waals surface area contributed by atoms with Gasteiger partial charge in [0.1, 0.15) is 0 Å². The van der Waals surface area contributed by atoms with E-state index in [4.69, 9.17) is 5.11 Å². The van der Waals surface area contributed by atoms with Crippen LogP contribution in [0.15, 0.2) is 85.2 Å². The first-order chi connectivity index (χ1) is 18.1. The molecule has 0 unspecified atom stereocenters. The second-order valence-electron chi connectivity index (χ2n) is 9.48. The summed E-state index contributed by atoms with van der Waals surface area (Å²) < 4.78 is 0. The average molecular weight is 492 g/mol. The van der Waals surface area contributed by atoms with E-state index in [9.17, 15) is 9.59 Å². The first kappa shape index (κ1) is 24.4. The molecule has 3 aromatic carbocycles. The van der Waals surface area contributed by atoms with Crippen LogP contribution in [0.4, 0.5) is 5.69 Å². The fourth-order valence-corrected chi connectivity index (χ4v) is 4.96. The number of nitrogens with zero attached hydrogens (tertiary/aromatic N) is 3.